The van der Waals surface area contributed by atoms with Crippen molar-refractivity contribution in [3.8, 4) is 10.6 Å². The number of carbonyl (C=O) groups excluding carboxylic acids is 1. The van der Waals surface area contributed by atoms with Crippen LogP contribution < -0.4 is 10.9 Å². The van der Waals surface area contributed by atoms with Crippen LogP contribution in [0.5, 0.6) is 0 Å². The fourth-order valence-electron chi connectivity index (χ4n) is 4.13. The molecule has 0 saturated carbocycles. The molecule has 8 heteroatoms. The molecule has 1 aliphatic heterocycles. The van der Waals surface area contributed by atoms with E-state index in [1.54, 1.807) is 7.05 Å². The molecule has 0 bridgehead atoms. The predicted octanol–water partition coefficient (Wildman–Crippen LogP) is 3.40. The van der Waals surface area contributed by atoms with E-state index in [9.17, 15) is 9.59 Å². The van der Waals surface area contributed by atoms with Gasteiger partial charge in [-0.1, -0.05) is 20.8 Å². The van der Waals surface area contributed by atoms with Gasteiger partial charge in [-0.3, -0.25) is 9.59 Å². The Kier molecular flexibility index (Phi) is 6.48. The third-order valence-corrected chi connectivity index (χ3v) is 6.94. The maximum atomic E-state index is 12.9. The van der Waals surface area contributed by atoms with Crippen LogP contribution in [-0.4, -0.2) is 39.9 Å². The van der Waals surface area contributed by atoms with Crippen molar-refractivity contribution >= 4 is 17.2 Å². The van der Waals surface area contributed by atoms with Crippen molar-refractivity contribution < 1.29 is 9.53 Å². The maximum absolute atomic E-state index is 12.9. The molecule has 1 saturated heterocycles. The smallest absolute Gasteiger partial charge is 0.277 e. The SMILES string of the molecule is Cc1nc(-c2c(C)c(C)nn(C)c2=O)sc1C(=O)NC[C@H]1CCCO[C@@H]1C(C)(C)C. The maximum Gasteiger partial charge on any atom is 0.277 e. The first kappa shape index (κ1) is 22.6. The van der Waals surface area contributed by atoms with Crippen molar-refractivity contribution in [3.63, 3.8) is 0 Å². The average Bonchev–Trinajstić information content (AvgIpc) is 3.05. The first-order chi connectivity index (χ1) is 14.0. The number of carbonyl (C=O) groups is 1. The quantitative estimate of drug-likeness (QED) is 0.800. The van der Waals surface area contributed by atoms with E-state index >= 15 is 0 Å². The van der Waals surface area contributed by atoms with Crippen LogP contribution in [0.3, 0.4) is 0 Å². The summed E-state index contributed by atoms with van der Waals surface area (Å²) in [7, 11) is 1.63. The molecule has 1 N–H and O–H groups in total. The molecule has 0 aliphatic carbocycles. The van der Waals surface area contributed by atoms with Crippen LogP contribution in [0.4, 0.5) is 0 Å². The van der Waals surface area contributed by atoms with Crippen molar-refractivity contribution in [1.82, 2.24) is 20.1 Å². The van der Waals surface area contributed by atoms with Crippen LogP contribution in [0.15, 0.2) is 4.79 Å². The van der Waals surface area contributed by atoms with Gasteiger partial charge in [0.15, 0.2) is 0 Å². The Morgan fingerprint density at radius 2 is 1.97 bits per heavy atom. The van der Waals surface area contributed by atoms with Gasteiger partial charge in [0, 0.05) is 26.1 Å². The molecule has 7 nitrogen and oxygen atoms in total. The lowest BCUT2D eigenvalue weighted by Gasteiger charge is -2.40. The van der Waals surface area contributed by atoms with Crippen LogP contribution >= 0.6 is 11.3 Å². The molecular weight excluding hydrogens is 400 g/mol. The number of rotatable bonds is 4. The molecule has 3 heterocycles. The fraction of sp³-hybridized carbons (Fsp3) is 0.636. The zero-order valence-corrected chi connectivity index (χ0v) is 19.8. The van der Waals surface area contributed by atoms with Gasteiger partial charge in [-0.15, -0.1) is 11.3 Å². The number of nitrogens with one attached hydrogen (secondary N) is 1. The van der Waals surface area contributed by atoms with Gasteiger partial charge in [-0.05, 0) is 44.6 Å². The summed E-state index contributed by atoms with van der Waals surface area (Å²) in [6.07, 6.45) is 2.18. The molecule has 0 radical (unpaired) electrons. The van der Waals surface area contributed by atoms with Crippen molar-refractivity contribution in [2.24, 2.45) is 18.4 Å². The van der Waals surface area contributed by atoms with Crippen LogP contribution in [-0.2, 0) is 11.8 Å². The lowest BCUT2D eigenvalue weighted by molar-refractivity contribution is -0.0839. The van der Waals surface area contributed by atoms with Gasteiger partial charge >= 0.3 is 0 Å². The summed E-state index contributed by atoms with van der Waals surface area (Å²) in [4.78, 5) is 30.7. The van der Waals surface area contributed by atoms with Crippen molar-refractivity contribution in [3.05, 3.63) is 32.2 Å². The van der Waals surface area contributed by atoms with Crippen molar-refractivity contribution in [1.29, 1.82) is 0 Å². The van der Waals surface area contributed by atoms with Crippen LogP contribution in [0.25, 0.3) is 10.6 Å². The van der Waals surface area contributed by atoms with E-state index in [1.807, 2.05) is 20.8 Å². The molecular formula is C22H32N4O3S. The summed E-state index contributed by atoms with van der Waals surface area (Å²) >= 11 is 1.26. The Morgan fingerprint density at radius 1 is 1.27 bits per heavy atom. The van der Waals surface area contributed by atoms with Gasteiger partial charge < -0.3 is 10.1 Å². The largest absolute Gasteiger partial charge is 0.377 e. The number of hydrogen-bond donors (Lipinski definition) is 1. The van der Waals surface area contributed by atoms with E-state index < -0.39 is 0 Å². The number of aromatic nitrogens is 3. The molecule has 1 amide bonds. The predicted molar refractivity (Wildman–Crippen MR) is 119 cm³/mol. The molecule has 0 aromatic carbocycles. The molecule has 3 rings (SSSR count). The molecule has 2 aromatic rings. The second-order valence-electron chi connectivity index (χ2n) is 9.22. The third kappa shape index (κ3) is 4.49. The highest BCUT2D eigenvalue weighted by molar-refractivity contribution is 7.17. The van der Waals surface area contributed by atoms with E-state index in [0.717, 1.165) is 30.7 Å². The minimum Gasteiger partial charge on any atom is -0.377 e. The molecule has 1 aliphatic rings. The summed E-state index contributed by atoms with van der Waals surface area (Å²) in [5.74, 6) is 0.141. The molecule has 1 fully saturated rings. The molecule has 30 heavy (non-hydrogen) atoms. The standard InChI is InChI=1S/C22H32N4O3S/c1-12-13(2)25-26(7)21(28)16(12)20-24-14(3)17(30-20)19(27)23-11-15-9-8-10-29-18(15)22(4,5)6/h15,18H,8-11H2,1-7H3,(H,23,27)/t15-,18+/m1/s1. The van der Waals surface area contributed by atoms with Crippen molar-refractivity contribution in [2.45, 2.75) is 60.5 Å². The third-order valence-electron chi connectivity index (χ3n) is 5.77. The van der Waals surface area contributed by atoms with Gasteiger partial charge in [-0.2, -0.15) is 5.10 Å². The minimum atomic E-state index is -0.203. The van der Waals surface area contributed by atoms with E-state index in [1.165, 1.54) is 16.0 Å². The second-order valence-corrected chi connectivity index (χ2v) is 10.2. The average molecular weight is 433 g/mol. The summed E-state index contributed by atoms with van der Waals surface area (Å²) in [5, 5.41) is 7.87. The Bertz CT molecular complexity index is 1000. The van der Waals surface area contributed by atoms with E-state index in [-0.39, 0.29) is 28.9 Å². The van der Waals surface area contributed by atoms with Crippen LogP contribution in [0.1, 0.15) is 60.2 Å². The number of nitrogens with zero attached hydrogens (tertiary/aromatic N) is 3. The van der Waals surface area contributed by atoms with E-state index in [2.05, 4.69) is 36.2 Å². The molecule has 2 atom stereocenters. The van der Waals surface area contributed by atoms with Gasteiger partial charge in [0.25, 0.3) is 11.5 Å². The minimum absolute atomic E-state index is 0.0279. The van der Waals surface area contributed by atoms with Gasteiger partial charge in [-0.25, -0.2) is 9.67 Å². The summed E-state index contributed by atoms with van der Waals surface area (Å²) < 4.78 is 7.35. The van der Waals surface area contributed by atoms with Crippen LogP contribution in [0, 0.1) is 32.1 Å². The zero-order chi connectivity index (χ0) is 22.2. The van der Waals surface area contributed by atoms with E-state index in [4.69, 9.17) is 4.74 Å². The highest BCUT2D eigenvalue weighted by atomic mass is 32.1. The lowest BCUT2D eigenvalue weighted by atomic mass is 9.78. The Morgan fingerprint density at radius 3 is 2.63 bits per heavy atom. The summed E-state index contributed by atoms with van der Waals surface area (Å²) in [6, 6.07) is 0. The van der Waals surface area contributed by atoms with Crippen molar-refractivity contribution in [2.75, 3.05) is 13.2 Å². The summed E-state index contributed by atoms with van der Waals surface area (Å²) in [5.41, 5.74) is 2.55. The monoisotopic (exact) mass is 432 g/mol. The zero-order valence-electron chi connectivity index (χ0n) is 19.0. The second kappa shape index (κ2) is 8.59. The van der Waals surface area contributed by atoms with E-state index in [0.29, 0.717) is 27.7 Å². The topological polar surface area (TPSA) is 86.1 Å². The fourth-order valence-corrected chi connectivity index (χ4v) is 5.20. The number of ether oxygens (including phenoxy) is 1. The van der Waals surface area contributed by atoms with Gasteiger partial charge in [0.2, 0.25) is 0 Å². The summed E-state index contributed by atoms with van der Waals surface area (Å²) in [6.45, 7) is 13.4. The Balaban J connectivity index is 1.81. The normalized spacial score (nSPS) is 19.7. The molecule has 164 valence electrons. The molecule has 0 unspecified atom stereocenters. The molecule has 2 aromatic heterocycles. The number of thiazole rings is 1. The van der Waals surface area contributed by atoms with Crippen LogP contribution in [0.2, 0.25) is 0 Å². The van der Waals surface area contributed by atoms with Gasteiger partial charge in [0.05, 0.1) is 23.1 Å². The van der Waals surface area contributed by atoms with Gasteiger partial charge in [0.1, 0.15) is 9.88 Å². The first-order valence-corrected chi connectivity index (χ1v) is 11.2. The number of aryl methyl sites for hydroxylation is 3. The molecule has 0 spiro atoms. The number of amides is 1. The first-order valence-electron chi connectivity index (χ1n) is 10.4. The number of hydrogen-bond acceptors (Lipinski definition) is 6. The Labute approximate surface area is 181 Å². The highest BCUT2D eigenvalue weighted by Gasteiger charge is 2.35. The Hall–Kier alpha value is -2.06. The lowest BCUT2D eigenvalue weighted by Crippen LogP contribution is -2.45. The highest BCUT2D eigenvalue weighted by Crippen LogP contribution is 2.34.